The van der Waals surface area contributed by atoms with E-state index < -0.39 is 23.3 Å². The summed E-state index contributed by atoms with van der Waals surface area (Å²) in [5.74, 6) is 0.751. The Hall–Kier alpha value is -4.67. The van der Waals surface area contributed by atoms with E-state index in [-0.39, 0.29) is 18.0 Å². The Morgan fingerprint density at radius 1 is 0.872 bits per heavy atom. The number of hydrogen-bond donors (Lipinski definition) is 1. The van der Waals surface area contributed by atoms with Crippen molar-refractivity contribution < 1.29 is 28.3 Å². The second kappa shape index (κ2) is 12.5. The number of amides is 3. The number of aliphatic imine (C=N–C) groups is 1. The van der Waals surface area contributed by atoms with Crippen LogP contribution in [0.1, 0.15) is 72.8 Å². The summed E-state index contributed by atoms with van der Waals surface area (Å²) in [5.41, 5.74) is 3.87. The molecule has 3 aromatic rings. The van der Waals surface area contributed by atoms with Gasteiger partial charge in [0.1, 0.15) is 17.2 Å². The fourth-order valence-corrected chi connectivity index (χ4v) is 6.28. The van der Waals surface area contributed by atoms with E-state index in [1.807, 2.05) is 77.9 Å². The number of rotatable bonds is 5. The first-order chi connectivity index (χ1) is 22.2. The van der Waals surface area contributed by atoms with E-state index in [9.17, 15) is 14.4 Å². The second-order valence-corrected chi connectivity index (χ2v) is 14.4. The minimum Gasteiger partial charge on any atom is -0.444 e. The molecule has 1 aromatic heterocycles. The van der Waals surface area contributed by atoms with Crippen molar-refractivity contribution in [2.75, 3.05) is 18.4 Å². The van der Waals surface area contributed by atoms with Crippen LogP contribution >= 0.6 is 0 Å². The maximum Gasteiger partial charge on any atom is 0.410 e. The highest BCUT2D eigenvalue weighted by molar-refractivity contribution is 6.00. The van der Waals surface area contributed by atoms with Crippen molar-refractivity contribution in [3.05, 3.63) is 54.2 Å². The third kappa shape index (κ3) is 7.34. The highest BCUT2D eigenvalue weighted by Crippen LogP contribution is 2.36. The largest absolute Gasteiger partial charge is 0.444 e. The predicted octanol–water partition coefficient (Wildman–Crippen LogP) is 7.37. The summed E-state index contributed by atoms with van der Waals surface area (Å²) in [5, 5.41) is 2.96. The lowest BCUT2D eigenvalue weighted by atomic mass is 10.0. The quantitative estimate of drug-likeness (QED) is 0.308. The normalized spacial score (nSPS) is 19.4. The third-order valence-electron chi connectivity index (χ3n) is 8.34. The maximum absolute atomic E-state index is 13.2. The first-order valence-electron chi connectivity index (χ1n) is 16.3. The number of nitrogens with one attached hydrogen (secondary N) is 1. The molecule has 11 heteroatoms. The van der Waals surface area contributed by atoms with E-state index in [1.54, 1.807) is 17.2 Å². The van der Waals surface area contributed by atoms with Gasteiger partial charge in [-0.15, -0.1) is 0 Å². The Bertz CT molecular complexity index is 1710. The van der Waals surface area contributed by atoms with Crippen molar-refractivity contribution >= 4 is 35.2 Å². The van der Waals surface area contributed by atoms with Crippen LogP contribution in [0, 0.1) is 0 Å². The van der Waals surface area contributed by atoms with Crippen molar-refractivity contribution in [3.8, 4) is 22.8 Å². The average molecular weight is 642 g/mol. The van der Waals surface area contributed by atoms with Crippen LogP contribution in [0.2, 0.25) is 0 Å². The molecule has 0 radical (unpaired) electrons. The summed E-state index contributed by atoms with van der Waals surface area (Å²) in [6.45, 7) is 12.2. The fourth-order valence-electron chi connectivity index (χ4n) is 6.28. The molecule has 248 valence electrons. The van der Waals surface area contributed by atoms with Crippen molar-refractivity contribution in [2.45, 2.75) is 96.9 Å². The van der Waals surface area contributed by atoms with Crippen molar-refractivity contribution in [2.24, 2.45) is 4.99 Å². The van der Waals surface area contributed by atoms with E-state index >= 15 is 0 Å². The number of ether oxygens (including phenoxy) is 2. The maximum atomic E-state index is 13.2. The monoisotopic (exact) mass is 641 g/mol. The summed E-state index contributed by atoms with van der Waals surface area (Å²) in [7, 11) is 0. The number of fused-ring (bicyclic) bond motifs is 1. The number of hydrogen-bond acceptors (Lipinski definition) is 8. The molecule has 2 saturated heterocycles. The summed E-state index contributed by atoms with van der Waals surface area (Å²) in [6, 6.07) is 12.7. The minimum atomic E-state index is -0.637. The molecule has 2 fully saturated rings. The van der Waals surface area contributed by atoms with Crippen LogP contribution in [0.15, 0.2) is 58.1 Å². The number of nitrogens with zero attached hydrogens (tertiary/aromatic N) is 4. The molecule has 4 heterocycles. The third-order valence-corrected chi connectivity index (χ3v) is 8.34. The molecule has 11 nitrogen and oxygen atoms in total. The smallest absolute Gasteiger partial charge is 0.410 e. The predicted molar refractivity (Wildman–Crippen MR) is 179 cm³/mol. The van der Waals surface area contributed by atoms with Crippen LogP contribution < -0.4 is 5.32 Å². The number of likely N-dealkylation sites (tertiary alicyclic amines) is 2. The standard InChI is InChI=1S/C36H43N5O6/c1-35(2,3)46-33(43)40-16-8-12-28(40)27-19-22-14-15-24(20-26(22)39-27)32-37-21-30(45-32)23-10-7-11-25(18-23)38-31(42)29-13-9-17-41(29)34(44)47-36(4,5)6/h7,10-11,14-15,18,20-21,28-29H,8-9,12-13,16-17,19H2,1-6H3,(H,38,42)/t28-,29-/m0/s1. The zero-order chi connectivity index (χ0) is 33.5. The van der Waals surface area contributed by atoms with E-state index in [1.165, 1.54) is 4.90 Å². The molecule has 2 atom stereocenters. The van der Waals surface area contributed by atoms with Gasteiger partial charge in [-0.3, -0.25) is 19.6 Å². The first-order valence-corrected chi connectivity index (χ1v) is 16.3. The minimum absolute atomic E-state index is 0.0733. The second-order valence-electron chi connectivity index (χ2n) is 14.4. The molecule has 0 saturated carbocycles. The fraction of sp³-hybridized carbons (Fsp3) is 0.472. The highest BCUT2D eigenvalue weighted by Gasteiger charge is 2.38. The van der Waals surface area contributed by atoms with Crippen LogP contribution in [-0.2, 0) is 20.7 Å². The number of anilines is 1. The molecule has 3 aliphatic heterocycles. The Kier molecular flexibility index (Phi) is 8.59. The summed E-state index contributed by atoms with van der Waals surface area (Å²) in [6.07, 6.45) is 4.67. The van der Waals surface area contributed by atoms with Crippen LogP contribution in [0.3, 0.4) is 0 Å². The number of oxazole rings is 1. The topological polar surface area (TPSA) is 127 Å². The first kappa shape index (κ1) is 32.3. The molecule has 0 spiro atoms. The van der Waals surface area contributed by atoms with Crippen LogP contribution in [0.5, 0.6) is 0 Å². The molecule has 0 bridgehead atoms. The molecular weight excluding hydrogens is 598 g/mol. The van der Waals surface area contributed by atoms with Gasteiger partial charge in [0.05, 0.1) is 17.9 Å². The zero-order valence-electron chi connectivity index (χ0n) is 28.0. The van der Waals surface area contributed by atoms with Crippen LogP contribution in [0.4, 0.5) is 21.0 Å². The van der Waals surface area contributed by atoms with Gasteiger partial charge in [0.25, 0.3) is 0 Å². The molecule has 0 aliphatic carbocycles. The van der Waals surface area contributed by atoms with Crippen molar-refractivity contribution in [1.29, 1.82) is 0 Å². The summed E-state index contributed by atoms with van der Waals surface area (Å²) >= 11 is 0. The van der Waals surface area contributed by atoms with Gasteiger partial charge in [-0.05, 0) is 97.1 Å². The average Bonchev–Trinajstić information content (AvgIpc) is 3.80. The summed E-state index contributed by atoms with van der Waals surface area (Å²) in [4.78, 5) is 51.5. The van der Waals surface area contributed by atoms with E-state index in [2.05, 4.69) is 10.3 Å². The zero-order valence-corrected chi connectivity index (χ0v) is 28.0. The van der Waals surface area contributed by atoms with Gasteiger partial charge >= 0.3 is 12.2 Å². The van der Waals surface area contributed by atoms with Crippen molar-refractivity contribution in [3.63, 3.8) is 0 Å². The number of carbonyl (C=O) groups is 3. The summed E-state index contributed by atoms with van der Waals surface area (Å²) < 4.78 is 17.3. The number of aromatic nitrogens is 1. The van der Waals surface area contributed by atoms with Gasteiger partial charge in [0.2, 0.25) is 11.8 Å². The van der Waals surface area contributed by atoms with Gasteiger partial charge in [0.15, 0.2) is 5.76 Å². The van der Waals surface area contributed by atoms with E-state index in [0.29, 0.717) is 43.3 Å². The number of benzene rings is 2. The van der Waals surface area contributed by atoms with Crippen LogP contribution in [-0.4, -0.2) is 75.0 Å². The van der Waals surface area contributed by atoms with Gasteiger partial charge in [-0.2, -0.15) is 0 Å². The lowest BCUT2D eigenvalue weighted by molar-refractivity contribution is -0.120. The molecule has 2 aromatic carbocycles. The molecule has 47 heavy (non-hydrogen) atoms. The Morgan fingerprint density at radius 3 is 2.32 bits per heavy atom. The van der Waals surface area contributed by atoms with Gasteiger partial charge < -0.3 is 19.2 Å². The Labute approximate surface area is 275 Å². The lowest BCUT2D eigenvalue weighted by Crippen LogP contribution is -2.45. The molecule has 0 unspecified atom stereocenters. The number of carbonyl (C=O) groups excluding carboxylic acids is 3. The van der Waals surface area contributed by atoms with E-state index in [4.69, 9.17) is 18.9 Å². The highest BCUT2D eigenvalue weighted by atomic mass is 16.6. The SMILES string of the molecule is CC(C)(C)OC(=O)N1CCC[C@H]1C(=O)Nc1cccc(-c2cnc(-c3ccc4c(c3)N=C([C@@H]3CCCN3C(=O)OC(C)(C)C)C4)o2)c1. The van der Waals surface area contributed by atoms with Gasteiger partial charge in [-0.25, -0.2) is 14.6 Å². The molecule has 3 aliphatic rings. The Balaban J connectivity index is 1.14. The van der Waals surface area contributed by atoms with Crippen LogP contribution in [0.25, 0.3) is 22.8 Å². The molecule has 1 N–H and O–H groups in total. The molecule has 6 rings (SSSR count). The molecule has 3 amide bonds. The molecular formula is C36H43N5O6. The lowest BCUT2D eigenvalue weighted by Gasteiger charge is -2.28. The Morgan fingerprint density at radius 2 is 1.57 bits per heavy atom. The van der Waals surface area contributed by atoms with Gasteiger partial charge in [-0.1, -0.05) is 18.2 Å². The van der Waals surface area contributed by atoms with Gasteiger partial charge in [0, 0.05) is 42.0 Å². The van der Waals surface area contributed by atoms with E-state index in [0.717, 1.165) is 47.4 Å². The van der Waals surface area contributed by atoms with Crippen molar-refractivity contribution in [1.82, 2.24) is 14.8 Å².